The Labute approximate surface area is 139 Å². The van der Waals surface area contributed by atoms with Crippen LogP contribution in [0.3, 0.4) is 0 Å². The Morgan fingerprint density at radius 1 is 1.33 bits per heavy atom. The van der Waals surface area contributed by atoms with E-state index in [1.165, 1.54) is 9.13 Å². The van der Waals surface area contributed by atoms with Gasteiger partial charge < -0.3 is 0 Å². The highest BCUT2D eigenvalue weighted by Crippen LogP contribution is 2.26. The fourth-order valence-corrected chi connectivity index (χ4v) is 3.11. The van der Waals surface area contributed by atoms with E-state index in [0.29, 0.717) is 30.2 Å². The van der Waals surface area contributed by atoms with Gasteiger partial charge in [0.05, 0.1) is 18.3 Å². The van der Waals surface area contributed by atoms with Crippen molar-refractivity contribution in [3.63, 3.8) is 0 Å². The third-order valence-electron chi connectivity index (χ3n) is 4.40. The maximum atomic E-state index is 12.8. The van der Waals surface area contributed by atoms with Crippen LogP contribution in [-0.2, 0) is 20.1 Å². The molecule has 1 atom stereocenters. The second-order valence-corrected chi connectivity index (χ2v) is 5.95. The summed E-state index contributed by atoms with van der Waals surface area (Å²) in [7, 11) is 1.64. The number of imidazole rings is 1. The molecule has 1 aliphatic heterocycles. The summed E-state index contributed by atoms with van der Waals surface area (Å²) in [6.45, 7) is 10.4. The molecule has 1 unspecified atom stereocenters. The third kappa shape index (κ3) is 2.13. The normalized spacial score (nSPS) is 15.3. The average Bonchev–Trinajstić information content (AvgIpc) is 2.94. The second kappa shape index (κ2) is 5.77. The zero-order chi connectivity index (χ0) is 17.6. The summed E-state index contributed by atoms with van der Waals surface area (Å²) in [5, 5.41) is 6.37. The zero-order valence-electron chi connectivity index (χ0n) is 14.5. The Kier molecular flexibility index (Phi) is 3.90. The van der Waals surface area contributed by atoms with Crippen molar-refractivity contribution in [1.82, 2.24) is 18.7 Å². The highest BCUT2D eigenvalue weighted by Gasteiger charge is 2.28. The average molecular weight is 330 g/mol. The first kappa shape index (κ1) is 16.2. The summed E-state index contributed by atoms with van der Waals surface area (Å²) in [6.07, 6.45) is 2.62. The molecule has 0 N–H and O–H groups in total. The molecule has 2 aromatic heterocycles. The molecule has 0 bridgehead atoms. The summed E-state index contributed by atoms with van der Waals surface area (Å²) in [4.78, 5) is 29.7. The van der Waals surface area contributed by atoms with Gasteiger partial charge in [-0.1, -0.05) is 13.0 Å². The summed E-state index contributed by atoms with van der Waals surface area (Å²) >= 11 is 0. The number of aromatic nitrogens is 4. The van der Waals surface area contributed by atoms with Crippen molar-refractivity contribution in [3.8, 4) is 0 Å². The molecule has 0 aliphatic carbocycles. The van der Waals surface area contributed by atoms with Gasteiger partial charge in [-0.15, -0.1) is 6.58 Å². The fraction of sp³-hybridized carbons (Fsp3) is 0.500. The molecule has 0 fully saturated rings. The van der Waals surface area contributed by atoms with Crippen LogP contribution in [0.5, 0.6) is 0 Å². The summed E-state index contributed by atoms with van der Waals surface area (Å²) in [5.74, 6) is 0.573. The van der Waals surface area contributed by atoms with E-state index in [9.17, 15) is 9.59 Å². The van der Waals surface area contributed by atoms with E-state index in [-0.39, 0.29) is 17.3 Å². The molecule has 0 amide bonds. The maximum absolute atomic E-state index is 12.8. The molecule has 0 radical (unpaired) electrons. The molecule has 3 heterocycles. The first-order valence-electron chi connectivity index (χ1n) is 8.10. The molecular weight excluding hydrogens is 308 g/mol. The number of anilines is 1. The minimum absolute atomic E-state index is 0.0266. The lowest BCUT2D eigenvalue weighted by molar-refractivity contribution is 0.626. The van der Waals surface area contributed by atoms with Crippen LogP contribution in [0.1, 0.15) is 27.2 Å². The van der Waals surface area contributed by atoms with E-state index in [2.05, 4.69) is 16.7 Å². The maximum Gasteiger partial charge on any atom is 0.332 e. The van der Waals surface area contributed by atoms with Gasteiger partial charge in [-0.05, 0) is 20.3 Å². The number of nitrogens with zero attached hydrogens (tertiary/aromatic N) is 6. The molecule has 3 rings (SSSR count). The zero-order valence-corrected chi connectivity index (χ0v) is 14.5. The lowest BCUT2D eigenvalue weighted by atomic mass is 10.2. The first-order chi connectivity index (χ1) is 11.4. The molecule has 0 saturated carbocycles. The minimum atomic E-state index is -0.356. The highest BCUT2D eigenvalue weighted by molar-refractivity contribution is 5.87. The van der Waals surface area contributed by atoms with Gasteiger partial charge in [-0.2, -0.15) is 10.1 Å². The molecule has 0 saturated heterocycles. The van der Waals surface area contributed by atoms with Crippen molar-refractivity contribution >= 4 is 22.8 Å². The summed E-state index contributed by atoms with van der Waals surface area (Å²) in [6, 6.07) is -0.0266. The number of hydrogen-bond acceptors (Lipinski definition) is 5. The predicted molar refractivity (Wildman–Crippen MR) is 94.8 cm³/mol. The van der Waals surface area contributed by atoms with Crippen LogP contribution in [0.4, 0.5) is 5.95 Å². The van der Waals surface area contributed by atoms with Crippen LogP contribution in [0.25, 0.3) is 11.2 Å². The van der Waals surface area contributed by atoms with Gasteiger partial charge in [-0.25, -0.2) is 9.80 Å². The Balaban J connectivity index is 2.39. The van der Waals surface area contributed by atoms with Crippen LogP contribution in [0, 0.1) is 0 Å². The molecule has 24 heavy (non-hydrogen) atoms. The van der Waals surface area contributed by atoms with Crippen LogP contribution in [0.15, 0.2) is 27.3 Å². The molecule has 2 aromatic rings. The Morgan fingerprint density at radius 3 is 2.62 bits per heavy atom. The van der Waals surface area contributed by atoms with Crippen molar-refractivity contribution in [1.29, 1.82) is 0 Å². The topological polar surface area (TPSA) is 77.4 Å². The number of hydrogen-bond donors (Lipinski definition) is 0. The van der Waals surface area contributed by atoms with E-state index in [0.717, 1.165) is 12.1 Å². The quantitative estimate of drug-likeness (QED) is 0.786. The van der Waals surface area contributed by atoms with Crippen molar-refractivity contribution in [3.05, 3.63) is 33.5 Å². The van der Waals surface area contributed by atoms with Gasteiger partial charge in [0.15, 0.2) is 11.2 Å². The van der Waals surface area contributed by atoms with Crippen LogP contribution < -0.4 is 16.3 Å². The number of rotatable bonds is 4. The fourth-order valence-electron chi connectivity index (χ4n) is 3.11. The molecule has 8 nitrogen and oxygen atoms in total. The van der Waals surface area contributed by atoms with E-state index < -0.39 is 0 Å². The minimum Gasteiger partial charge on any atom is -0.297 e. The number of fused-ring (bicyclic) bond motifs is 3. The molecule has 1 aliphatic rings. The molecule has 8 heteroatoms. The van der Waals surface area contributed by atoms with Crippen LogP contribution >= 0.6 is 0 Å². The SMILES string of the molecule is C=CC(CC)N1N=C(C)Cn2c1nc1c2c(=O)n(CC)c(=O)n1C. The van der Waals surface area contributed by atoms with E-state index in [4.69, 9.17) is 0 Å². The predicted octanol–water partition coefficient (Wildman–Crippen LogP) is 1.08. The van der Waals surface area contributed by atoms with Crippen molar-refractivity contribution < 1.29 is 0 Å². The number of hydrazone groups is 1. The van der Waals surface area contributed by atoms with Gasteiger partial charge in [0.25, 0.3) is 5.56 Å². The van der Waals surface area contributed by atoms with Crippen LogP contribution in [0.2, 0.25) is 0 Å². The largest absolute Gasteiger partial charge is 0.332 e. The lowest BCUT2D eigenvalue weighted by Gasteiger charge is -2.29. The third-order valence-corrected chi connectivity index (χ3v) is 4.40. The van der Waals surface area contributed by atoms with Gasteiger partial charge in [0.2, 0.25) is 5.95 Å². The van der Waals surface area contributed by atoms with Crippen LogP contribution in [-0.4, -0.2) is 30.4 Å². The van der Waals surface area contributed by atoms with Gasteiger partial charge in [-0.3, -0.25) is 18.5 Å². The monoisotopic (exact) mass is 330 g/mol. The van der Waals surface area contributed by atoms with Crippen molar-refractivity contribution in [2.45, 2.75) is 46.3 Å². The van der Waals surface area contributed by atoms with Crippen molar-refractivity contribution in [2.75, 3.05) is 5.01 Å². The molecular formula is C16H22N6O2. The van der Waals surface area contributed by atoms with Gasteiger partial charge in [0, 0.05) is 13.6 Å². The second-order valence-electron chi connectivity index (χ2n) is 5.95. The van der Waals surface area contributed by atoms with E-state index in [1.54, 1.807) is 19.0 Å². The highest BCUT2D eigenvalue weighted by atomic mass is 16.2. The Hall–Kier alpha value is -2.64. The van der Waals surface area contributed by atoms with Gasteiger partial charge in [0.1, 0.15) is 0 Å². The number of aryl methyl sites for hydroxylation is 1. The smallest absolute Gasteiger partial charge is 0.297 e. The summed E-state index contributed by atoms with van der Waals surface area (Å²) in [5.41, 5.74) is 1.03. The standard InChI is InChI=1S/C16H22N6O2/c1-6-11(7-2)22-15-17-13-12(21(15)9-10(4)18-22)14(23)20(8-3)16(24)19(13)5/h6,11H,1,7-9H2,2-5H3. The lowest BCUT2D eigenvalue weighted by Crippen LogP contribution is -2.40. The van der Waals surface area contributed by atoms with Crippen molar-refractivity contribution in [2.24, 2.45) is 12.1 Å². The molecule has 0 aromatic carbocycles. The van der Waals surface area contributed by atoms with E-state index >= 15 is 0 Å². The first-order valence-corrected chi connectivity index (χ1v) is 8.10. The molecule has 0 spiro atoms. The molecule has 128 valence electrons. The summed E-state index contributed by atoms with van der Waals surface area (Å²) < 4.78 is 4.50. The Morgan fingerprint density at radius 2 is 2.04 bits per heavy atom. The van der Waals surface area contributed by atoms with Gasteiger partial charge >= 0.3 is 5.69 Å². The van der Waals surface area contributed by atoms with E-state index in [1.807, 2.05) is 24.5 Å². The Bertz CT molecular complexity index is 962.